The molecule has 2 heterocycles. The van der Waals surface area contributed by atoms with Crippen LogP contribution >= 0.6 is 0 Å². The van der Waals surface area contributed by atoms with Crippen LogP contribution in [-0.2, 0) is 9.47 Å². The van der Waals surface area contributed by atoms with Gasteiger partial charge in [-0.25, -0.2) is 0 Å². The number of rotatable bonds is 0. The second kappa shape index (κ2) is 1.94. The van der Waals surface area contributed by atoms with E-state index in [1.54, 1.807) is 0 Å². The van der Waals surface area contributed by atoms with E-state index in [0.29, 0.717) is 6.61 Å². The van der Waals surface area contributed by atoms with Gasteiger partial charge in [0, 0.05) is 5.92 Å². The molecule has 0 aromatic carbocycles. The van der Waals surface area contributed by atoms with Crippen molar-refractivity contribution in [3.63, 3.8) is 0 Å². The number of fused-ring (bicyclic) bond motifs is 1. The summed E-state index contributed by atoms with van der Waals surface area (Å²) in [6.07, 6.45) is 0.573. The van der Waals surface area contributed by atoms with E-state index in [4.69, 9.17) is 9.47 Å². The van der Waals surface area contributed by atoms with Gasteiger partial charge in [-0.1, -0.05) is 0 Å². The molecule has 2 rings (SSSR count). The molecular weight excluding hydrogens is 120 g/mol. The fourth-order valence-corrected chi connectivity index (χ4v) is 1.44. The number of aliphatic hydroxyl groups excluding tert-OH is 1. The summed E-state index contributed by atoms with van der Waals surface area (Å²) in [5, 5.41) is 9.19. The third-order valence-electron chi connectivity index (χ3n) is 2.01. The van der Waals surface area contributed by atoms with Gasteiger partial charge in [-0.2, -0.15) is 0 Å². The zero-order valence-corrected chi connectivity index (χ0v) is 5.12. The Kier molecular flexibility index (Phi) is 1.22. The third kappa shape index (κ3) is 0.764. The minimum atomic E-state index is -0.280. The Morgan fingerprint density at radius 1 is 1.33 bits per heavy atom. The second-order valence-electron chi connectivity index (χ2n) is 2.59. The van der Waals surface area contributed by atoms with Crippen LogP contribution in [0.2, 0.25) is 0 Å². The van der Waals surface area contributed by atoms with Crippen LogP contribution in [0.3, 0.4) is 0 Å². The molecule has 0 aliphatic carbocycles. The largest absolute Gasteiger partial charge is 0.390 e. The maximum absolute atomic E-state index is 9.19. The van der Waals surface area contributed by atoms with Crippen LogP contribution in [0, 0.1) is 5.92 Å². The maximum Gasteiger partial charge on any atom is 0.163 e. The van der Waals surface area contributed by atoms with Crippen molar-refractivity contribution in [2.75, 3.05) is 13.2 Å². The number of hydrogen-bond acceptors (Lipinski definition) is 3. The first-order valence-corrected chi connectivity index (χ1v) is 3.29. The molecule has 0 spiro atoms. The molecule has 1 N–H and O–H groups in total. The van der Waals surface area contributed by atoms with Crippen LogP contribution < -0.4 is 0 Å². The monoisotopic (exact) mass is 130 g/mol. The molecule has 0 bridgehead atoms. The summed E-state index contributed by atoms with van der Waals surface area (Å²) >= 11 is 0. The number of aliphatic hydroxyl groups is 1. The topological polar surface area (TPSA) is 38.7 Å². The first-order chi connectivity index (χ1) is 4.38. The zero-order valence-electron chi connectivity index (χ0n) is 5.12. The third-order valence-corrected chi connectivity index (χ3v) is 2.01. The van der Waals surface area contributed by atoms with Gasteiger partial charge in [0.1, 0.15) is 0 Å². The smallest absolute Gasteiger partial charge is 0.163 e. The van der Waals surface area contributed by atoms with Gasteiger partial charge in [0.2, 0.25) is 0 Å². The molecule has 2 fully saturated rings. The highest BCUT2D eigenvalue weighted by Gasteiger charge is 2.40. The van der Waals surface area contributed by atoms with Gasteiger partial charge in [0.05, 0.1) is 19.3 Å². The molecule has 2 saturated heterocycles. The van der Waals surface area contributed by atoms with Crippen LogP contribution in [0.25, 0.3) is 0 Å². The van der Waals surface area contributed by atoms with E-state index in [1.807, 2.05) is 0 Å². The van der Waals surface area contributed by atoms with Crippen molar-refractivity contribution in [1.29, 1.82) is 0 Å². The van der Waals surface area contributed by atoms with Crippen LogP contribution in [0.4, 0.5) is 0 Å². The molecule has 0 unspecified atom stereocenters. The second-order valence-corrected chi connectivity index (χ2v) is 2.59. The highest BCUT2D eigenvalue weighted by molar-refractivity contribution is 4.81. The Morgan fingerprint density at radius 3 is 3.00 bits per heavy atom. The predicted octanol–water partition coefficient (Wildman–Crippen LogP) is -0.260. The quantitative estimate of drug-likeness (QED) is 0.491. The minimum Gasteiger partial charge on any atom is -0.390 e. The molecule has 2 aliphatic rings. The molecular formula is C6H10O3. The molecule has 3 atom stereocenters. The summed E-state index contributed by atoms with van der Waals surface area (Å²) in [6.45, 7) is 1.20. The van der Waals surface area contributed by atoms with E-state index >= 15 is 0 Å². The van der Waals surface area contributed by atoms with Crippen LogP contribution in [-0.4, -0.2) is 30.7 Å². The van der Waals surface area contributed by atoms with Crippen molar-refractivity contribution in [3.8, 4) is 0 Å². The van der Waals surface area contributed by atoms with Gasteiger partial charge in [-0.15, -0.1) is 0 Å². The highest BCUT2D eigenvalue weighted by Crippen LogP contribution is 2.30. The summed E-state index contributed by atoms with van der Waals surface area (Å²) in [5.74, 6) is 0.255. The van der Waals surface area contributed by atoms with Crippen molar-refractivity contribution in [1.82, 2.24) is 0 Å². The van der Waals surface area contributed by atoms with Crippen molar-refractivity contribution in [2.45, 2.75) is 18.8 Å². The maximum atomic E-state index is 9.19. The Bertz CT molecular complexity index is 115. The van der Waals surface area contributed by atoms with E-state index in [-0.39, 0.29) is 18.3 Å². The van der Waals surface area contributed by atoms with Crippen LogP contribution in [0.5, 0.6) is 0 Å². The normalized spacial score (nSPS) is 49.7. The van der Waals surface area contributed by atoms with Crippen molar-refractivity contribution >= 4 is 0 Å². The highest BCUT2D eigenvalue weighted by atomic mass is 16.7. The fraction of sp³-hybridized carbons (Fsp3) is 1.00. The lowest BCUT2D eigenvalue weighted by Crippen LogP contribution is -2.18. The van der Waals surface area contributed by atoms with Gasteiger partial charge in [-0.05, 0) is 6.42 Å². The summed E-state index contributed by atoms with van der Waals surface area (Å²) < 4.78 is 10.3. The van der Waals surface area contributed by atoms with E-state index in [1.165, 1.54) is 0 Å². The molecule has 0 aromatic heterocycles. The summed E-state index contributed by atoms with van der Waals surface area (Å²) in [6, 6.07) is 0. The molecule has 2 aliphatic heterocycles. The van der Waals surface area contributed by atoms with Crippen molar-refractivity contribution < 1.29 is 14.6 Å². The van der Waals surface area contributed by atoms with Crippen molar-refractivity contribution in [3.05, 3.63) is 0 Å². The number of ether oxygens (including phenoxy) is 2. The average molecular weight is 130 g/mol. The molecule has 0 radical (unpaired) electrons. The summed E-state index contributed by atoms with van der Waals surface area (Å²) in [4.78, 5) is 0. The molecule has 3 nitrogen and oxygen atoms in total. The zero-order chi connectivity index (χ0) is 6.27. The van der Waals surface area contributed by atoms with E-state index < -0.39 is 0 Å². The van der Waals surface area contributed by atoms with E-state index in [9.17, 15) is 5.11 Å². The van der Waals surface area contributed by atoms with Gasteiger partial charge < -0.3 is 14.6 Å². The minimum absolute atomic E-state index is 0.0972. The van der Waals surface area contributed by atoms with E-state index in [0.717, 1.165) is 13.0 Å². The fourth-order valence-electron chi connectivity index (χ4n) is 1.44. The first-order valence-electron chi connectivity index (χ1n) is 3.29. The van der Waals surface area contributed by atoms with Gasteiger partial charge in [0.25, 0.3) is 0 Å². The Morgan fingerprint density at radius 2 is 2.22 bits per heavy atom. The van der Waals surface area contributed by atoms with Crippen LogP contribution in [0.15, 0.2) is 0 Å². The number of hydrogen-bond donors (Lipinski definition) is 1. The van der Waals surface area contributed by atoms with Gasteiger partial charge >= 0.3 is 0 Å². The summed E-state index contributed by atoms with van der Waals surface area (Å²) in [5.41, 5.74) is 0. The van der Waals surface area contributed by atoms with Gasteiger partial charge in [-0.3, -0.25) is 0 Å². The van der Waals surface area contributed by atoms with E-state index in [2.05, 4.69) is 0 Å². The average Bonchev–Trinajstić information content (AvgIpc) is 2.35. The first kappa shape index (κ1) is 5.65. The SMILES string of the molecule is O[C@@H]1CO[C@@H]2OCC[C@H]21. The Labute approximate surface area is 53.6 Å². The Hall–Kier alpha value is -0.120. The predicted molar refractivity (Wildman–Crippen MR) is 29.8 cm³/mol. The van der Waals surface area contributed by atoms with Gasteiger partial charge in [0.15, 0.2) is 6.29 Å². The van der Waals surface area contributed by atoms with Crippen molar-refractivity contribution in [2.24, 2.45) is 5.92 Å². The molecule has 0 amide bonds. The standard InChI is InChI=1S/C6H10O3/c7-5-3-9-6-4(5)1-2-8-6/h4-7H,1-3H2/t4-,5+,6-/m0/s1. The lowest BCUT2D eigenvalue weighted by atomic mass is 10.0. The Balaban J connectivity index is 2.07. The molecule has 9 heavy (non-hydrogen) atoms. The molecule has 52 valence electrons. The lowest BCUT2D eigenvalue weighted by Gasteiger charge is -2.06. The summed E-state index contributed by atoms with van der Waals surface area (Å²) in [7, 11) is 0. The molecule has 0 saturated carbocycles. The molecule has 0 aromatic rings. The van der Waals surface area contributed by atoms with Crippen LogP contribution in [0.1, 0.15) is 6.42 Å². The molecule has 3 heteroatoms. The lowest BCUT2D eigenvalue weighted by molar-refractivity contribution is -0.0907.